The summed E-state index contributed by atoms with van der Waals surface area (Å²) in [5.41, 5.74) is -1.37. The van der Waals surface area contributed by atoms with Gasteiger partial charge in [0, 0.05) is 0 Å². The van der Waals surface area contributed by atoms with Gasteiger partial charge in [0.25, 0.3) is 0 Å². The lowest BCUT2D eigenvalue weighted by atomic mass is 9.91. The van der Waals surface area contributed by atoms with Gasteiger partial charge in [0.1, 0.15) is 5.60 Å². The van der Waals surface area contributed by atoms with Crippen molar-refractivity contribution in [2.24, 2.45) is 5.92 Å². The number of carbonyl (C=O) groups excluding carboxylic acids is 1. The van der Waals surface area contributed by atoms with Crippen LogP contribution in [0.25, 0.3) is 0 Å². The number of hydrogen-bond acceptors (Lipinski definition) is 3. The van der Waals surface area contributed by atoms with Gasteiger partial charge in [0.05, 0.1) is 11.6 Å². The average molecular weight is 243 g/mol. The third-order valence-corrected chi connectivity index (χ3v) is 3.06. The van der Waals surface area contributed by atoms with E-state index in [2.05, 4.69) is 5.32 Å². The van der Waals surface area contributed by atoms with Crippen molar-refractivity contribution in [2.45, 2.75) is 71.1 Å². The first-order valence-corrected chi connectivity index (χ1v) is 6.32. The van der Waals surface area contributed by atoms with Crippen molar-refractivity contribution in [1.82, 2.24) is 5.32 Å². The molecule has 1 rings (SSSR count). The maximum atomic E-state index is 11.6. The van der Waals surface area contributed by atoms with Gasteiger partial charge >= 0.3 is 6.09 Å². The second-order valence-electron chi connectivity index (χ2n) is 6.37. The smallest absolute Gasteiger partial charge is 0.407 e. The Morgan fingerprint density at radius 1 is 1.41 bits per heavy atom. The normalized spacial score (nSPS) is 21.5. The van der Waals surface area contributed by atoms with Gasteiger partial charge in [-0.1, -0.05) is 12.8 Å². The molecule has 0 aromatic carbocycles. The third kappa shape index (κ3) is 5.39. The maximum absolute atomic E-state index is 11.6. The summed E-state index contributed by atoms with van der Waals surface area (Å²) in [6.45, 7) is 9.04. The molecule has 0 saturated heterocycles. The maximum Gasteiger partial charge on any atom is 0.407 e. The summed E-state index contributed by atoms with van der Waals surface area (Å²) in [7, 11) is 0. The minimum atomic E-state index is -0.863. The number of aliphatic hydroxyl groups is 1. The van der Waals surface area contributed by atoms with Crippen LogP contribution in [0.15, 0.2) is 0 Å². The Morgan fingerprint density at radius 2 is 1.94 bits per heavy atom. The topological polar surface area (TPSA) is 58.6 Å². The Morgan fingerprint density at radius 3 is 2.35 bits per heavy atom. The molecular weight excluding hydrogens is 218 g/mol. The zero-order valence-electron chi connectivity index (χ0n) is 11.5. The average Bonchev–Trinajstić information content (AvgIpc) is 2.83. The minimum absolute atomic E-state index is 0.307. The van der Waals surface area contributed by atoms with E-state index in [0.717, 1.165) is 6.42 Å². The van der Waals surface area contributed by atoms with Crippen LogP contribution in [-0.4, -0.2) is 28.4 Å². The minimum Gasteiger partial charge on any atom is -0.444 e. The monoisotopic (exact) mass is 243 g/mol. The molecule has 4 nitrogen and oxygen atoms in total. The van der Waals surface area contributed by atoms with Crippen molar-refractivity contribution in [3.8, 4) is 0 Å². The molecule has 2 N–H and O–H groups in total. The van der Waals surface area contributed by atoms with Crippen LogP contribution in [0.5, 0.6) is 0 Å². The zero-order chi connectivity index (χ0) is 13.3. The van der Waals surface area contributed by atoms with Gasteiger partial charge in [0.15, 0.2) is 0 Å². The first-order valence-electron chi connectivity index (χ1n) is 6.32. The predicted molar refractivity (Wildman–Crippen MR) is 66.8 cm³/mol. The molecule has 1 fully saturated rings. The highest BCUT2D eigenvalue weighted by Gasteiger charge is 2.36. The summed E-state index contributed by atoms with van der Waals surface area (Å²) in [6, 6.07) is -0.307. The molecule has 2 atom stereocenters. The van der Waals surface area contributed by atoms with Crippen LogP contribution >= 0.6 is 0 Å². The second-order valence-corrected chi connectivity index (χ2v) is 6.37. The van der Waals surface area contributed by atoms with Crippen molar-refractivity contribution in [2.75, 3.05) is 0 Å². The van der Waals surface area contributed by atoms with Crippen LogP contribution in [0.1, 0.15) is 53.9 Å². The largest absolute Gasteiger partial charge is 0.444 e. The number of hydrogen-bond donors (Lipinski definition) is 2. The molecule has 1 saturated carbocycles. The van der Waals surface area contributed by atoms with Crippen molar-refractivity contribution in [3.63, 3.8) is 0 Å². The highest BCUT2D eigenvalue weighted by molar-refractivity contribution is 5.68. The summed E-state index contributed by atoms with van der Waals surface area (Å²) >= 11 is 0. The van der Waals surface area contributed by atoms with Crippen molar-refractivity contribution in [1.29, 1.82) is 0 Å². The van der Waals surface area contributed by atoms with Crippen LogP contribution in [0.4, 0.5) is 4.79 Å². The molecule has 0 spiro atoms. The van der Waals surface area contributed by atoms with E-state index in [0.29, 0.717) is 5.92 Å². The van der Waals surface area contributed by atoms with Crippen molar-refractivity contribution < 1.29 is 14.6 Å². The van der Waals surface area contributed by atoms with Crippen molar-refractivity contribution >= 4 is 6.09 Å². The lowest BCUT2D eigenvalue weighted by Gasteiger charge is -2.32. The first kappa shape index (κ1) is 14.3. The van der Waals surface area contributed by atoms with Crippen LogP contribution < -0.4 is 5.32 Å². The summed E-state index contributed by atoms with van der Waals surface area (Å²) in [6.07, 6.45) is 2.65. The molecular formula is C13H25NO3. The molecule has 0 aliphatic heterocycles. The van der Waals surface area contributed by atoms with E-state index in [-0.39, 0.29) is 6.04 Å². The van der Waals surface area contributed by atoms with Gasteiger partial charge in [-0.15, -0.1) is 0 Å². The molecule has 1 aliphatic carbocycles. The first-order chi connectivity index (χ1) is 7.60. The Hall–Kier alpha value is -0.770. The Bertz CT molecular complexity index is 277. The van der Waals surface area contributed by atoms with Crippen LogP contribution in [0.2, 0.25) is 0 Å². The van der Waals surface area contributed by atoms with Gasteiger partial charge in [0.2, 0.25) is 0 Å². The fourth-order valence-electron chi connectivity index (χ4n) is 1.72. The molecule has 2 unspecified atom stereocenters. The van der Waals surface area contributed by atoms with E-state index in [4.69, 9.17) is 4.74 Å². The zero-order valence-corrected chi connectivity index (χ0v) is 11.5. The van der Waals surface area contributed by atoms with Crippen LogP contribution in [-0.2, 0) is 4.74 Å². The van der Waals surface area contributed by atoms with Gasteiger partial charge in [-0.05, 0) is 47.0 Å². The number of nitrogens with one attached hydrogen (secondary N) is 1. The van der Waals surface area contributed by atoms with E-state index in [1.165, 1.54) is 12.8 Å². The summed E-state index contributed by atoms with van der Waals surface area (Å²) in [5, 5.41) is 13.0. The fourth-order valence-corrected chi connectivity index (χ4v) is 1.72. The molecule has 17 heavy (non-hydrogen) atoms. The molecule has 4 heteroatoms. The van der Waals surface area contributed by atoms with Crippen LogP contribution in [0, 0.1) is 5.92 Å². The van der Waals surface area contributed by atoms with E-state index in [1.807, 2.05) is 27.7 Å². The number of amides is 1. The standard InChI is InChI=1S/C13H25NO3/c1-9(13(5,16)8-10-6-7-10)14-11(15)17-12(2,3)4/h9-10,16H,6-8H2,1-5H3,(H,14,15). The third-order valence-electron chi connectivity index (χ3n) is 3.06. The quantitative estimate of drug-likeness (QED) is 0.797. The highest BCUT2D eigenvalue weighted by Crippen LogP contribution is 2.37. The van der Waals surface area contributed by atoms with Crippen molar-refractivity contribution in [3.05, 3.63) is 0 Å². The van der Waals surface area contributed by atoms with E-state index in [9.17, 15) is 9.90 Å². The number of ether oxygens (including phenoxy) is 1. The van der Waals surface area contributed by atoms with Gasteiger partial charge in [-0.3, -0.25) is 0 Å². The van der Waals surface area contributed by atoms with E-state index < -0.39 is 17.3 Å². The molecule has 1 aliphatic rings. The Balaban J connectivity index is 2.41. The molecule has 1 amide bonds. The second kappa shape index (κ2) is 4.84. The van der Waals surface area contributed by atoms with Gasteiger partial charge < -0.3 is 15.2 Å². The Kier molecular flexibility index (Phi) is 4.07. The number of rotatable bonds is 4. The lowest BCUT2D eigenvalue weighted by Crippen LogP contribution is -2.50. The SMILES string of the molecule is CC(NC(=O)OC(C)(C)C)C(C)(O)CC1CC1. The summed E-state index contributed by atoms with van der Waals surface area (Å²) in [5.74, 6) is 0.618. The lowest BCUT2D eigenvalue weighted by molar-refractivity contribution is 0.00130. The van der Waals surface area contributed by atoms with E-state index in [1.54, 1.807) is 6.92 Å². The summed E-state index contributed by atoms with van der Waals surface area (Å²) in [4.78, 5) is 11.6. The molecule has 0 aromatic heterocycles. The predicted octanol–water partition coefficient (Wildman–Crippen LogP) is 2.45. The van der Waals surface area contributed by atoms with Crippen LogP contribution in [0.3, 0.4) is 0 Å². The summed E-state index contributed by atoms with van der Waals surface area (Å²) < 4.78 is 5.16. The number of alkyl carbamates (subject to hydrolysis) is 1. The highest BCUT2D eigenvalue weighted by atomic mass is 16.6. The van der Waals surface area contributed by atoms with E-state index >= 15 is 0 Å². The molecule has 0 aromatic rings. The molecule has 0 heterocycles. The fraction of sp³-hybridized carbons (Fsp3) is 0.923. The van der Waals surface area contributed by atoms with Gasteiger partial charge in [-0.2, -0.15) is 0 Å². The molecule has 0 bridgehead atoms. The van der Waals surface area contributed by atoms with Gasteiger partial charge in [-0.25, -0.2) is 4.79 Å². The molecule has 0 radical (unpaired) electrons. The molecule has 100 valence electrons. The Labute approximate surface area is 104 Å². The number of carbonyl (C=O) groups is 1.